The molecule has 0 aliphatic rings. The molecule has 0 aliphatic heterocycles. The molecule has 2 atom stereocenters. The van der Waals surface area contributed by atoms with Gasteiger partial charge in [-0.3, -0.25) is 4.21 Å². The highest BCUT2D eigenvalue weighted by atomic mass is 32.2. The van der Waals surface area contributed by atoms with E-state index < -0.39 is 10.8 Å². The van der Waals surface area contributed by atoms with Gasteiger partial charge < -0.3 is 10.6 Å². The Hall–Kier alpha value is -2.14. The molecule has 0 unspecified atom stereocenters. The number of carbonyl (C=O) groups excluding carboxylic acids is 1. The third-order valence-electron chi connectivity index (χ3n) is 3.94. The summed E-state index contributed by atoms with van der Waals surface area (Å²) in [5, 5.41) is 5.72. The van der Waals surface area contributed by atoms with Crippen molar-refractivity contribution in [2.45, 2.75) is 30.7 Å². The third-order valence-corrected chi connectivity index (χ3v) is 4.88. The van der Waals surface area contributed by atoms with Crippen molar-refractivity contribution in [3.8, 4) is 0 Å². The quantitative estimate of drug-likeness (QED) is 0.808. The lowest BCUT2D eigenvalue weighted by atomic mass is 9.98. The number of hydrogen-bond donors (Lipinski definition) is 2. The number of urea groups is 1. The summed E-state index contributed by atoms with van der Waals surface area (Å²) >= 11 is 0. The molecule has 0 heterocycles. The topological polar surface area (TPSA) is 58.2 Å². The summed E-state index contributed by atoms with van der Waals surface area (Å²) in [4.78, 5) is 12.6. The first kappa shape index (κ1) is 18.2. The molecular formula is C19H24N2O2S. The van der Waals surface area contributed by atoms with Gasteiger partial charge in [0.05, 0.1) is 0 Å². The first-order valence-electron chi connectivity index (χ1n) is 8.05. The number of rotatable bonds is 7. The van der Waals surface area contributed by atoms with Crippen molar-refractivity contribution >= 4 is 16.8 Å². The first-order chi connectivity index (χ1) is 11.6. The van der Waals surface area contributed by atoms with E-state index >= 15 is 0 Å². The summed E-state index contributed by atoms with van der Waals surface area (Å²) in [6.45, 7) is 3.25. The molecule has 0 saturated carbocycles. The number of nitrogens with one attached hydrogen (secondary N) is 2. The highest BCUT2D eigenvalue weighted by molar-refractivity contribution is 7.84. The van der Waals surface area contributed by atoms with Crippen molar-refractivity contribution < 1.29 is 9.00 Å². The van der Waals surface area contributed by atoms with Gasteiger partial charge in [0.1, 0.15) is 0 Å². The minimum atomic E-state index is -0.974. The SMILES string of the molecule is C[C@@H](CCNC(=O)NCc1ccc([S@](C)=O)cc1)c1ccccc1. The normalized spacial score (nSPS) is 13.1. The van der Waals surface area contributed by atoms with Crippen molar-refractivity contribution in [1.29, 1.82) is 0 Å². The minimum absolute atomic E-state index is 0.168. The molecule has 0 spiro atoms. The van der Waals surface area contributed by atoms with Crippen LogP contribution in [0.5, 0.6) is 0 Å². The van der Waals surface area contributed by atoms with E-state index in [4.69, 9.17) is 0 Å². The van der Waals surface area contributed by atoms with E-state index in [2.05, 4.69) is 29.7 Å². The van der Waals surface area contributed by atoms with Crippen LogP contribution in [0.2, 0.25) is 0 Å². The second-order valence-corrected chi connectivity index (χ2v) is 7.19. The Bertz CT molecular complexity index is 672. The van der Waals surface area contributed by atoms with Gasteiger partial charge in [-0.15, -0.1) is 0 Å². The van der Waals surface area contributed by atoms with Crippen LogP contribution in [-0.4, -0.2) is 23.0 Å². The summed E-state index contributed by atoms with van der Waals surface area (Å²) in [5.74, 6) is 0.411. The van der Waals surface area contributed by atoms with Gasteiger partial charge in [-0.25, -0.2) is 4.79 Å². The largest absolute Gasteiger partial charge is 0.338 e. The molecule has 24 heavy (non-hydrogen) atoms. The number of hydrogen-bond acceptors (Lipinski definition) is 2. The maximum atomic E-state index is 11.8. The summed E-state index contributed by atoms with van der Waals surface area (Å²) < 4.78 is 11.3. The van der Waals surface area contributed by atoms with Crippen molar-refractivity contribution in [1.82, 2.24) is 10.6 Å². The zero-order valence-corrected chi connectivity index (χ0v) is 14.9. The third kappa shape index (κ3) is 5.81. The number of carbonyl (C=O) groups is 1. The molecule has 0 fully saturated rings. The Morgan fingerprint density at radius 3 is 2.33 bits per heavy atom. The fourth-order valence-corrected chi connectivity index (χ4v) is 2.91. The van der Waals surface area contributed by atoms with E-state index in [0.29, 0.717) is 19.0 Å². The monoisotopic (exact) mass is 344 g/mol. The molecule has 0 aromatic heterocycles. The molecule has 2 amide bonds. The predicted molar refractivity (Wildman–Crippen MR) is 98.5 cm³/mol. The van der Waals surface area contributed by atoms with Crippen LogP contribution < -0.4 is 10.6 Å². The van der Waals surface area contributed by atoms with Crippen molar-refractivity contribution in [3.05, 3.63) is 65.7 Å². The van der Waals surface area contributed by atoms with Gasteiger partial charge in [-0.2, -0.15) is 0 Å². The molecule has 2 N–H and O–H groups in total. The van der Waals surface area contributed by atoms with Crippen LogP contribution in [-0.2, 0) is 17.3 Å². The van der Waals surface area contributed by atoms with Crippen LogP contribution in [0.1, 0.15) is 30.4 Å². The van der Waals surface area contributed by atoms with Crippen molar-refractivity contribution in [2.24, 2.45) is 0 Å². The average Bonchev–Trinajstić information content (AvgIpc) is 2.61. The Kier molecular flexibility index (Phi) is 7.00. The highest BCUT2D eigenvalue weighted by Crippen LogP contribution is 2.17. The van der Waals surface area contributed by atoms with Gasteiger partial charge in [0.15, 0.2) is 0 Å². The molecule has 0 saturated heterocycles. The van der Waals surface area contributed by atoms with E-state index in [9.17, 15) is 9.00 Å². The fraction of sp³-hybridized carbons (Fsp3) is 0.316. The molecule has 5 heteroatoms. The molecule has 4 nitrogen and oxygen atoms in total. The zero-order valence-electron chi connectivity index (χ0n) is 14.1. The van der Waals surface area contributed by atoms with Gasteiger partial charge in [-0.1, -0.05) is 49.4 Å². The van der Waals surface area contributed by atoms with Crippen LogP contribution >= 0.6 is 0 Å². The summed E-state index contributed by atoms with van der Waals surface area (Å²) in [6.07, 6.45) is 2.55. The Morgan fingerprint density at radius 1 is 1.04 bits per heavy atom. The molecule has 2 aromatic rings. The van der Waals surface area contributed by atoms with Crippen LogP contribution in [0.3, 0.4) is 0 Å². The van der Waals surface area contributed by atoms with E-state index in [1.807, 2.05) is 42.5 Å². The van der Waals surface area contributed by atoms with E-state index in [1.54, 1.807) is 6.26 Å². The van der Waals surface area contributed by atoms with Crippen LogP contribution in [0, 0.1) is 0 Å². The molecule has 2 aromatic carbocycles. The van der Waals surface area contributed by atoms with E-state index in [0.717, 1.165) is 16.9 Å². The van der Waals surface area contributed by atoms with Crippen molar-refractivity contribution in [2.75, 3.05) is 12.8 Å². The Balaban J connectivity index is 1.69. The van der Waals surface area contributed by atoms with Crippen LogP contribution in [0.25, 0.3) is 0 Å². The molecule has 2 rings (SSSR count). The first-order valence-corrected chi connectivity index (χ1v) is 9.61. The molecule has 0 radical (unpaired) electrons. The predicted octanol–water partition coefficient (Wildman–Crippen LogP) is 3.42. The maximum absolute atomic E-state index is 11.8. The number of benzene rings is 2. The lowest BCUT2D eigenvalue weighted by Crippen LogP contribution is -2.35. The zero-order chi connectivity index (χ0) is 17.4. The van der Waals surface area contributed by atoms with E-state index in [1.165, 1.54) is 5.56 Å². The smallest absolute Gasteiger partial charge is 0.315 e. The lowest BCUT2D eigenvalue weighted by Gasteiger charge is -2.13. The summed E-state index contributed by atoms with van der Waals surface area (Å²) in [6, 6.07) is 17.5. The van der Waals surface area contributed by atoms with Gasteiger partial charge in [0, 0.05) is 35.0 Å². The van der Waals surface area contributed by atoms with E-state index in [-0.39, 0.29) is 6.03 Å². The Labute approximate surface area is 146 Å². The average molecular weight is 344 g/mol. The lowest BCUT2D eigenvalue weighted by molar-refractivity contribution is 0.240. The second-order valence-electron chi connectivity index (χ2n) is 5.81. The molecule has 0 aliphatic carbocycles. The van der Waals surface area contributed by atoms with Gasteiger partial charge in [0.2, 0.25) is 0 Å². The van der Waals surface area contributed by atoms with Crippen LogP contribution in [0.4, 0.5) is 4.79 Å². The minimum Gasteiger partial charge on any atom is -0.338 e. The van der Waals surface area contributed by atoms with Gasteiger partial charge in [-0.05, 0) is 35.6 Å². The molecular weight excluding hydrogens is 320 g/mol. The van der Waals surface area contributed by atoms with Crippen molar-refractivity contribution in [3.63, 3.8) is 0 Å². The number of amides is 2. The second kappa shape index (κ2) is 9.23. The fourth-order valence-electron chi connectivity index (χ4n) is 2.39. The molecule has 0 bridgehead atoms. The van der Waals surface area contributed by atoms with Crippen LogP contribution in [0.15, 0.2) is 59.5 Å². The Morgan fingerprint density at radius 2 is 1.71 bits per heavy atom. The standard InChI is InChI=1S/C19H24N2O2S/c1-15(17-6-4-3-5-7-17)12-13-20-19(22)21-14-16-8-10-18(11-9-16)24(2)23/h3-11,15H,12-14H2,1-2H3,(H2,20,21,22)/t15-,24-/m0/s1. The maximum Gasteiger partial charge on any atom is 0.315 e. The highest BCUT2D eigenvalue weighted by Gasteiger charge is 2.06. The van der Waals surface area contributed by atoms with Gasteiger partial charge in [0.25, 0.3) is 0 Å². The summed E-state index contributed by atoms with van der Waals surface area (Å²) in [5.41, 5.74) is 2.27. The van der Waals surface area contributed by atoms with Gasteiger partial charge >= 0.3 is 6.03 Å². The molecule has 128 valence electrons. The summed E-state index contributed by atoms with van der Waals surface area (Å²) in [7, 11) is -0.974.